The predicted octanol–water partition coefficient (Wildman–Crippen LogP) is 2.03. The summed E-state index contributed by atoms with van der Waals surface area (Å²) in [6.07, 6.45) is 0.956. The first-order valence-corrected chi connectivity index (χ1v) is 6.23. The van der Waals surface area contributed by atoms with Crippen LogP contribution in [-0.2, 0) is 4.79 Å². The van der Waals surface area contributed by atoms with Crippen molar-refractivity contribution in [1.82, 2.24) is 0 Å². The molecule has 4 nitrogen and oxygen atoms in total. The highest BCUT2D eigenvalue weighted by atomic mass is 16.5. The smallest absolute Gasteiger partial charge is 0.240 e. The maximum Gasteiger partial charge on any atom is 0.240 e. The lowest BCUT2D eigenvalue weighted by atomic mass is 10.1. The number of rotatable bonds is 6. The Labute approximate surface area is 109 Å². The van der Waals surface area contributed by atoms with E-state index < -0.39 is 0 Å². The molecule has 0 aliphatic carbocycles. The Hall–Kier alpha value is -1.55. The second-order valence-corrected chi connectivity index (χ2v) is 4.63. The van der Waals surface area contributed by atoms with Crippen LogP contribution < -0.4 is 15.4 Å². The van der Waals surface area contributed by atoms with Crippen LogP contribution in [0.5, 0.6) is 5.75 Å². The molecule has 1 aromatic rings. The number of ether oxygens (including phenoxy) is 1. The molecule has 0 bridgehead atoms. The highest BCUT2D eigenvalue weighted by molar-refractivity contribution is 5.94. The molecule has 1 amide bonds. The summed E-state index contributed by atoms with van der Waals surface area (Å²) < 4.78 is 5.11. The van der Waals surface area contributed by atoms with Gasteiger partial charge in [-0.15, -0.1) is 0 Å². The molecule has 0 spiro atoms. The number of methoxy groups -OCH3 is 1. The Morgan fingerprint density at radius 1 is 1.33 bits per heavy atom. The third kappa shape index (κ3) is 4.04. The molecule has 18 heavy (non-hydrogen) atoms. The van der Waals surface area contributed by atoms with Gasteiger partial charge in [-0.05, 0) is 36.6 Å². The van der Waals surface area contributed by atoms with Gasteiger partial charge in [-0.1, -0.05) is 13.8 Å². The number of benzene rings is 1. The summed E-state index contributed by atoms with van der Waals surface area (Å²) in [4.78, 5) is 13.6. The monoisotopic (exact) mass is 250 g/mol. The Balaban J connectivity index is 2.83. The summed E-state index contributed by atoms with van der Waals surface area (Å²) in [5.74, 6) is 1.28. The van der Waals surface area contributed by atoms with Crippen LogP contribution in [0.25, 0.3) is 0 Å². The normalized spacial score (nSPS) is 10.5. The Bertz CT molecular complexity index is 374. The van der Waals surface area contributed by atoms with E-state index in [-0.39, 0.29) is 12.5 Å². The van der Waals surface area contributed by atoms with Gasteiger partial charge in [-0.25, -0.2) is 0 Å². The standard InChI is InChI=1S/C14H22N2O2/c1-11(2)8-9-16(14(17)10-15)12-4-6-13(18-3)7-5-12/h4-7,11H,8-10,15H2,1-3H3. The van der Waals surface area contributed by atoms with E-state index in [1.165, 1.54) is 0 Å². The molecule has 1 aromatic carbocycles. The largest absolute Gasteiger partial charge is 0.497 e. The molecular formula is C14H22N2O2. The van der Waals surface area contributed by atoms with E-state index in [1.54, 1.807) is 12.0 Å². The van der Waals surface area contributed by atoms with Crippen LogP contribution in [0.15, 0.2) is 24.3 Å². The number of carbonyl (C=O) groups excluding carboxylic acids is 1. The zero-order chi connectivity index (χ0) is 13.5. The molecule has 0 saturated heterocycles. The highest BCUT2D eigenvalue weighted by Gasteiger charge is 2.14. The number of amides is 1. The van der Waals surface area contributed by atoms with Gasteiger partial charge in [-0.2, -0.15) is 0 Å². The molecule has 0 fully saturated rings. The molecule has 2 N–H and O–H groups in total. The molecule has 0 aliphatic rings. The molecule has 0 aliphatic heterocycles. The van der Waals surface area contributed by atoms with Crippen LogP contribution in [0.2, 0.25) is 0 Å². The van der Waals surface area contributed by atoms with Crippen molar-refractivity contribution in [3.63, 3.8) is 0 Å². The number of nitrogens with zero attached hydrogens (tertiary/aromatic N) is 1. The summed E-state index contributed by atoms with van der Waals surface area (Å²) in [5, 5.41) is 0. The van der Waals surface area contributed by atoms with Crippen molar-refractivity contribution in [2.24, 2.45) is 11.7 Å². The second kappa shape index (κ2) is 7.01. The summed E-state index contributed by atoms with van der Waals surface area (Å²) >= 11 is 0. The van der Waals surface area contributed by atoms with Gasteiger partial charge < -0.3 is 15.4 Å². The van der Waals surface area contributed by atoms with E-state index in [0.717, 1.165) is 17.9 Å². The van der Waals surface area contributed by atoms with E-state index in [9.17, 15) is 4.79 Å². The van der Waals surface area contributed by atoms with Gasteiger partial charge in [0.25, 0.3) is 0 Å². The fourth-order valence-electron chi connectivity index (χ4n) is 1.66. The van der Waals surface area contributed by atoms with Gasteiger partial charge in [-0.3, -0.25) is 4.79 Å². The minimum atomic E-state index is -0.0548. The van der Waals surface area contributed by atoms with Crippen LogP contribution in [0.1, 0.15) is 20.3 Å². The van der Waals surface area contributed by atoms with Crippen molar-refractivity contribution in [2.45, 2.75) is 20.3 Å². The fraction of sp³-hybridized carbons (Fsp3) is 0.500. The third-order valence-corrected chi connectivity index (χ3v) is 2.79. The van der Waals surface area contributed by atoms with Crippen LogP contribution in [0.3, 0.4) is 0 Å². The maximum atomic E-state index is 11.8. The molecule has 1 rings (SSSR count). The first-order chi connectivity index (χ1) is 8.58. The van der Waals surface area contributed by atoms with E-state index in [2.05, 4.69) is 13.8 Å². The molecule has 0 aromatic heterocycles. The van der Waals surface area contributed by atoms with Gasteiger partial charge in [0, 0.05) is 12.2 Å². The number of hydrogen-bond acceptors (Lipinski definition) is 3. The van der Waals surface area contributed by atoms with Crippen molar-refractivity contribution < 1.29 is 9.53 Å². The SMILES string of the molecule is COc1ccc(N(CCC(C)C)C(=O)CN)cc1. The molecule has 4 heteroatoms. The quantitative estimate of drug-likeness (QED) is 0.840. The first kappa shape index (κ1) is 14.5. The summed E-state index contributed by atoms with van der Waals surface area (Å²) in [6.45, 7) is 5.00. The third-order valence-electron chi connectivity index (χ3n) is 2.79. The highest BCUT2D eigenvalue weighted by Crippen LogP contribution is 2.20. The number of anilines is 1. The first-order valence-electron chi connectivity index (χ1n) is 6.23. The van der Waals surface area contributed by atoms with Gasteiger partial charge in [0.1, 0.15) is 5.75 Å². The van der Waals surface area contributed by atoms with Gasteiger partial charge in [0.2, 0.25) is 5.91 Å². The minimum Gasteiger partial charge on any atom is -0.497 e. The Morgan fingerprint density at radius 2 is 1.94 bits per heavy atom. The lowest BCUT2D eigenvalue weighted by molar-refractivity contribution is -0.117. The number of carbonyl (C=O) groups is 1. The van der Waals surface area contributed by atoms with Crippen molar-refractivity contribution in [2.75, 3.05) is 25.1 Å². The minimum absolute atomic E-state index is 0.0319. The number of hydrogen-bond donors (Lipinski definition) is 1. The van der Waals surface area contributed by atoms with Crippen LogP contribution in [0.4, 0.5) is 5.69 Å². The molecule has 100 valence electrons. The van der Waals surface area contributed by atoms with E-state index in [1.807, 2.05) is 24.3 Å². The zero-order valence-electron chi connectivity index (χ0n) is 11.3. The lowest BCUT2D eigenvalue weighted by Crippen LogP contribution is -2.37. The Morgan fingerprint density at radius 3 is 2.39 bits per heavy atom. The zero-order valence-corrected chi connectivity index (χ0v) is 11.3. The summed E-state index contributed by atoms with van der Waals surface area (Å²) in [7, 11) is 1.62. The molecule has 0 radical (unpaired) electrons. The average molecular weight is 250 g/mol. The second-order valence-electron chi connectivity index (χ2n) is 4.63. The van der Waals surface area contributed by atoms with Crippen molar-refractivity contribution in [1.29, 1.82) is 0 Å². The van der Waals surface area contributed by atoms with E-state index >= 15 is 0 Å². The molecule has 0 unspecified atom stereocenters. The summed E-state index contributed by atoms with van der Waals surface area (Å²) in [5.41, 5.74) is 6.32. The molecule has 0 heterocycles. The van der Waals surface area contributed by atoms with Gasteiger partial charge in [0.15, 0.2) is 0 Å². The topological polar surface area (TPSA) is 55.6 Å². The van der Waals surface area contributed by atoms with E-state index in [4.69, 9.17) is 10.5 Å². The Kier molecular flexibility index (Phi) is 5.65. The fourth-order valence-corrected chi connectivity index (χ4v) is 1.66. The van der Waals surface area contributed by atoms with E-state index in [0.29, 0.717) is 12.5 Å². The van der Waals surface area contributed by atoms with Crippen molar-refractivity contribution in [3.8, 4) is 5.75 Å². The van der Waals surface area contributed by atoms with Gasteiger partial charge in [0.05, 0.1) is 13.7 Å². The molecule has 0 saturated carbocycles. The van der Waals surface area contributed by atoms with Crippen LogP contribution >= 0.6 is 0 Å². The predicted molar refractivity (Wildman–Crippen MR) is 73.9 cm³/mol. The average Bonchev–Trinajstić information content (AvgIpc) is 2.39. The molecular weight excluding hydrogens is 228 g/mol. The maximum absolute atomic E-state index is 11.8. The van der Waals surface area contributed by atoms with Gasteiger partial charge >= 0.3 is 0 Å². The molecule has 0 atom stereocenters. The van der Waals surface area contributed by atoms with Crippen molar-refractivity contribution in [3.05, 3.63) is 24.3 Å². The number of nitrogens with two attached hydrogens (primary N) is 1. The lowest BCUT2D eigenvalue weighted by Gasteiger charge is -2.23. The van der Waals surface area contributed by atoms with Crippen LogP contribution in [0, 0.1) is 5.92 Å². The van der Waals surface area contributed by atoms with Crippen molar-refractivity contribution >= 4 is 11.6 Å². The van der Waals surface area contributed by atoms with Crippen LogP contribution in [-0.4, -0.2) is 26.1 Å². The summed E-state index contributed by atoms with van der Waals surface area (Å²) in [6, 6.07) is 7.46.